The number of halogens is 1. The molecule has 0 bridgehead atoms. The molecule has 2 heterocycles. The first kappa shape index (κ1) is 21.2. The van der Waals surface area contributed by atoms with E-state index in [9.17, 15) is 4.79 Å². The Kier molecular flexibility index (Phi) is 7.03. The zero-order valence-electron chi connectivity index (χ0n) is 16.3. The lowest BCUT2D eigenvalue weighted by molar-refractivity contribution is -0.301. The second kappa shape index (κ2) is 9.30. The summed E-state index contributed by atoms with van der Waals surface area (Å²) in [7, 11) is 1.62. The molecule has 1 aromatic rings. The highest BCUT2D eigenvalue weighted by Gasteiger charge is 2.49. The zero-order chi connectivity index (χ0) is 20.3. The van der Waals surface area contributed by atoms with Crippen molar-refractivity contribution in [2.75, 3.05) is 13.7 Å². The number of carbonyl (C=O) groups excluding carboxylic acids is 1. The van der Waals surface area contributed by atoms with E-state index in [0.29, 0.717) is 13.0 Å². The van der Waals surface area contributed by atoms with E-state index in [2.05, 4.69) is 26.3 Å². The van der Waals surface area contributed by atoms with Crippen molar-refractivity contribution >= 4 is 21.8 Å². The molecule has 0 radical (unpaired) electrons. The van der Waals surface area contributed by atoms with Crippen LogP contribution in [-0.4, -0.2) is 59.8 Å². The van der Waals surface area contributed by atoms with Crippen LogP contribution >= 0.6 is 15.9 Å². The quantitative estimate of drug-likeness (QED) is 0.404. The molecule has 1 unspecified atom stereocenters. The van der Waals surface area contributed by atoms with Crippen LogP contribution in [0.4, 0.5) is 0 Å². The van der Waals surface area contributed by atoms with E-state index in [0.717, 1.165) is 5.56 Å². The van der Waals surface area contributed by atoms with Gasteiger partial charge in [-0.05, 0) is 6.92 Å². The summed E-state index contributed by atoms with van der Waals surface area (Å²) >= 11 is 3.63. The fraction of sp³-hybridized carbons (Fsp3) is 0.632. The normalized spacial score (nSPS) is 32.5. The van der Waals surface area contributed by atoms with Crippen LogP contribution in [0.3, 0.4) is 0 Å². The lowest BCUT2D eigenvalue weighted by atomic mass is 9.92. The molecule has 1 amide bonds. The molecule has 28 heavy (non-hydrogen) atoms. The van der Waals surface area contributed by atoms with Gasteiger partial charge >= 0.3 is 0 Å². The summed E-state index contributed by atoms with van der Waals surface area (Å²) < 4.78 is 18.1. The Morgan fingerprint density at radius 3 is 2.61 bits per heavy atom. The van der Waals surface area contributed by atoms with Crippen LogP contribution in [0.25, 0.3) is 0 Å². The third kappa shape index (κ3) is 4.53. The van der Waals surface area contributed by atoms with Crippen molar-refractivity contribution in [2.24, 2.45) is 16.1 Å². The van der Waals surface area contributed by atoms with E-state index in [1.807, 2.05) is 49.2 Å². The van der Waals surface area contributed by atoms with Gasteiger partial charge in [0.25, 0.3) is 0 Å². The number of rotatable bonds is 6. The average Bonchev–Trinajstić information content (AvgIpc) is 2.71. The minimum Gasteiger partial charge on any atom is -0.367 e. The van der Waals surface area contributed by atoms with Crippen molar-refractivity contribution in [3.63, 3.8) is 0 Å². The SMILES string of the molecule is CN=NN([C@H](C)C(C)Br)[C@@H]1C[C@H](C(N)=O)O[C@@H]2CO[C@H](c3ccccc3)O[C@H]12. The maximum absolute atomic E-state index is 11.9. The number of benzene rings is 1. The molecular weight excluding hydrogens is 428 g/mol. The van der Waals surface area contributed by atoms with E-state index in [1.54, 1.807) is 7.05 Å². The molecule has 9 heteroatoms. The summed E-state index contributed by atoms with van der Waals surface area (Å²) in [4.78, 5) is 12.0. The number of hydrogen-bond acceptors (Lipinski definition) is 6. The molecule has 0 aliphatic carbocycles. The molecule has 3 rings (SSSR count). The van der Waals surface area contributed by atoms with Gasteiger partial charge in [0.1, 0.15) is 18.3 Å². The third-order valence-corrected chi connectivity index (χ3v) is 6.00. The molecule has 1 aromatic carbocycles. The maximum atomic E-state index is 11.9. The number of nitrogens with two attached hydrogens (primary N) is 1. The molecule has 0 aromatic heterocycles. The summed E-state index contributed by atoms with van der Waals surface area (Å²) in [5, 5.41) is 10.2. The van der Waals surface area contributed by atoms with E-state index in [-0.39, 0.29) is 23.0 Å². The van der Waals surface area contributed by atoms with Crippen LogP contribution < -0.4 is 5.73 Å². The second-order valence-corrected chi connectivity index (χ2v) is 8.58. The molecule has 2 N–H and O–H groups in total. The first-order chi connectivity index (χ1) is 13.4. The van der Waals surface area contributed by atoms with Crippen molar-refractivity contribution in [1.29, 1.82) is 0 Å². The summed E-state index contributed by atoms with van der Waals surface area (Å²) in [5.41, 5.74) is 6.48. The average molecular weight is 455 g/mol. The second-order valence-electron chi connectivity index (χ2n) is 7.13. The fourth-order valence-corrected chi connectivity index (χ4v) is 3.85. The summed E-state index contributed by atoms with van der Waals surface area (Å²) in [5.74, 6) is -0.499. The zero-order valence-corrected chi connectivity index (χ0v) is 17.9. The van der Waals surface area contributed by atoms with Crippen LogP contribution in [0.2, 0.25) is 0 Å². The maximum Gasteiger partial charge on any atom is 0.246 e. The Balaban J connectivity index is 1.90. The monoisotopic (exact) mass is 454 g/mol. The number of amides is 1. The molecule has 2 aliphatic heterocycles. The number of nitrogens with zero attached hydrogens (tertiary/aromatic N) is 3. The predicted octanol–water partition coefficient (Wildman–Crippen LogP) is 2.58. The van der Waals surface area contributed by atoms with Crippen molar-refractivity contribution < 1.29 is 19.0 Å². The van der Waals surface area contributed by atoms with Crippen molar-refractivity contribution in [3.05, 3.63) is 35.9 Å². The Bertz CT molecular complexity index is 690. The van der Waals surface area contributed by atoms with Gasteiger partial charge in [0.2, 0.25) is 5.91 Å². The Morgan fingerprint density at radius 2 is 2.00 bits per heavy atom. The van der Waals surface area contributed by atoms with Gasteiger partial charge in [0.15, 0.2) is 6.29 Å². The lowest BCUT2D eigenvalue weighted by Gasteiger charge is -2.49. The van der Waals surface area contributed by atoms with Gasteiger partial charge in [-0.3, -0.25) is 9.80 Å². The summed E-state index contributed by atoms with van der Waals surface area (Å²) in [6.45, 7) is 4.40. The number of carbonyl (C=O) groups is 1. The summed E-state index contributed by atoms with van der Waals surface area (Å²) in [6.07, 6.45) is -1.60. The van der Waals surface area contributed by atoms with Crippen LogP contribution in [0, 0.1) is 0 Å². The van der Waals surface area contributed by atoms with Gasteiger partial charge in [0.05, 0.1) is 25.7 Å². The fourth-order valence-electron chi connectivity index (χ4n) is 3.61. The Hall–Kier alpha value is -1.55. The highest BCUT2D eigenvalue weighted by molar-refractivity contribution is 9.09. The highest BCUT2D eigenvalue weighted by atomic mass is 79.9. The van der Waals surface area contributed by atoms with Crippen LogP contribution in [0.5, 0.6) is 0 Å². The third-order valence-electron chi connectivity index (χ3n) is 5.24. The molecule has 2 aliphatic rings. The number of alkyl halides is 1. The smallest absolute Gasteiger partial charge is 0.246 e. The van der Waals surface area contributed by atoms with Gasteiger partial charge in [-0.1, -0.05) is 58.4 Å². The first-order valence-corrected chi connectivity index (χ1v) is 10.3. The van der Waals surface area contributed by atoms with Crippen LogP contribution in [0.1, 0.15) is 32.1 Å². The Morgan fingerprint density at radius 1 is 1.29 bits per heavy atom. The minimum absolute atomic E-state index is 0.0163. The predicted molar refractivity (Wildman–Crippen MR) is 107 cm³/mol. The summed E-state index contributed by atoms with van der Waals surface area (Å²) in [6, 6.07) is 9.54. The standard InChI is InChI=1S/C19H27BrN4O4/c1-11(20)12(2)24(23-22-3)14-9-15(18(21)25)27-16-10-26-19(28-17(14)16)13-7-5-4-6-8-13/h4-8,11-12,14-17,19H,9-10H2,1-3H3,(H2,21,25)/t11?,12-,14-,15-,16-,17-,19+/m1/s1. The number of fused-ring (bicyclic) bond motifs is 1. The lowest BCUT2D eigenvalue weighted by Crippen LogP contribution is -2.62. The van der Waals surface area contributed by atoms with Crippen molar-refractivity contribution in [1.82, 2.24) is 5.01 Å². The molecule has 2 fully saturated rings. The molecule has 8 nitrogen and oxygen atoms in total. The number of primary amides is 1. The van der Waals surface area contributed by atoms with Gasteiger partial charge in [0, 0.05) is 16.8 Å². The van der Waals surface area contributed by atoms with Crippen LogP contribution in [-0.2, 0) is 19.0 Å². The molecule has 0 saturated carbocycles. The first-order valence-electron chi connectivity index (χ1n) is 9.41. The highest BCUT2D eigenvalue weighted by Crippen LogP contribution is 2.37. The van der Waals surface area contributed by atoms with Crippen LogP contribution in [0.15, 0.2) is 40.7 Å². The van der Waals surface area contributed by atoms with E-state index in [1.165, 1.54) is 0 Å². The van der Waals surface area contributed by atoms with Gasteiger partial charge in [-0.2, -0.15) is 5.11 Å². The topological polar surface area (TPSA) is 98.7 Å². The largest absolute Gasteiger partial charge is 0.367 e. The number of ether oxygens (including phenoxy) is 3. The molecule has 154 valence electrons. The molecule has 2 saturated heterocycles. The van der Waals surface area contributed by atoms with Gasteiger partial charge < -0.3 is 19.9 Å². The van der Waals surface area contributed by atoms with Gasteiger partial charge in [-0.25, -0.2) is 0 Å². The molecular formula is C19H27BrN4O4. The Labute approximate surface area is 173 Å². The minimum atomic E-state index is -0.723. The van der Waals surface area contributed by atoms with E-state index in [4.69, 9.17) is 19.9 Å². The molecule has 7 atom stereocenters. The van der Waals surface area contributed by atoms with Crippen molar-refractivity contribution in [3.8, 4) is 0 Å². The van der Waals surface area contributed by atoms with Gasteiger partial charge in [-0.15, -0.1) is 0 Å². The van der Waals surface area contributed by atoms with E-state index >= 15 is 0 Å². The van der Waals surface area contributed by atoms with E-state index < -0.39 is 24.4 Å². The molecule has 0 spiro atoms. The number of hydrogen-bond donors (Lipinski definition) is 1. The van der Waals surface area contributed by atoms with Crippen molar-refractivity contribution in [2.45, 2.75) is 61.8 Å².